The minimum atomic E-state index is 0.218. The van der Waals surface area contributed by atoms with Crippen LogP contribution in [0.15, 0.2) is 18.2 Å². The summed E-state index contributed by atoms with van der Waals surface area (Å²) in [5.74, 6) is 2.96. The molecule has 1 saturated heterocycles. The zero-order chi connectivity index (χ0) is 17.6. The largest absolute Gasteiger partial charge is 0.497 e. The lowest BCUT2D eigenvalue weighted by Crippen LogP contribution is -2.20. The summed E-state index contributed by atoms with van der Waals surface area (Å²) in [4.78, 5) is 13.1. The summed E-state index contributed by atoms with van der Waals surface area (Å²) in [6.45, 7) is 3.34. The van der Waals surface area contributed by atoms with Crippen LogP contribution in [0.25, 0.3) is 0 Å². The van der Waals surface area contributed by atoms with Gasteiger partial charge in [-0.3, -0.25) is 0 Å². The van der Waals surface area contributed by atoms with Gasteiger partial charge in [0.1, 0.15) is 17.3 Å². The second-order valence-corrected chi connectivity index (χ2v) is 5.74. The van der Waals surface area contributed by atoms with Crippen molar-refractivity contribution in [3.05, 3.63) is 24.0 Å². The Bertz CT molecular complexity index is 719. The molecule has 0 spiro atoms. The molecule has 0 amide bonds. The van der Waals surface area contributed by atoms with Gasteiger partial charge < -0.3 is 24.8 Å². The average Bonchev–Trinajstić information content (AvgIpc) is 3.13. The van der Waals surface area contributed by atoms with Crippen LogP contribution < -0.4 is 20.1 Å². The fourth-order valence-electron chi connectivity index (χ4n) is 2.65. The van der Waals surface area contributed by atoms with E-state index in [-0.39, 0.29) is 6.10 Å². The number of nitrogens with one attached hydrogen (secondary N) is 2. The molecule has 1 fully saturated rings. The van der Waals surface area contributed by atoms with Gasteiger partial charge in [-0.05, 0) is 31.9 Å². The molecule has 134 valence electrons. The Morgan fingerprint density at radius 1 is 1.16 bits per heavy atom. The number of aryl methyl sites for hydroxylation is 1. The van der Waals surface area contributed by atoms with Crippen LogP contribution in [-0.4, -0.2) is 48.4 Å². The molecule has 8 heteroatoms. The first kappa shape index (κ1) is 17.2. The topological polar surface area (TPSA) is 90.4 Å². The third kappa shape index (κ3) is 4.48. The van der Waals surface area contributed by atoms with Crippen molar-refractivity contribution in [3.63, 3.8) is 0 Å². The molecule has 2 N–H and O–H groups in total. The lowest BCUT2D eigenvalue weighted by molar-refractivity contribution is 0.120. The van der Waals surface area contributed by atoms with E-state index in [1.54, 1.807) is 20.3 Å². The summed E-state index contributed by atoms with van der Waals surface area (Å²) in [7, 11) is 3.22. The molecular weight excluding hydrogens is 322 g/mol. The van der Waals surface area contributed by atoms with Gasteiger partial charge >= 0.3 is 0 Å². The predicted molar refractivity (Wildman–Crippen MR) is 94.9 cm³/mol. The van der Waals surface area contributed by atoms with E-state index in [1.165, 1.54) is 0 Å². The lowest BCUT2D eigenvalue weighted by Gasteiger charge is -2.14. The highest BCUT2D eigenvalue weighted by atomic mass is 16.5. The van der Waals surface area contributed by atoms with Crippen molar-refractivity contribution in [3.8, 4) is 11.5 Å². The van der Waals surface area contributed by atoms with Gasteiger partial charge in [0.2, 0.25) is 11.9 Å². The average molecular weight is 345 g/mol. The van der Waals surface area contributed by atoms with Crippen LogP contribution >= 0.6 is 0 Å². The maximum absolute atomic E-state index is 5.61. The standard InChI is InChI=1S/C17H23N5O3/c1-11-19-16(18-10-13-5-4-8-25-13)22-17(20-11)21-14-7-6-12(23-2)9-15(14)24-3/h6-7,9,13H,4-5,8,10H2,1-3H3,(H2,18,19,20,21,22). The molecule has 2 aromatic rings. The van der Waals surface area contributed by atoms with Crippen LogP contribution in [0.2, 0.25) is 0 Å². The second-order valence-electron chi connectivity index (χ2n) is 5.74. The minimum absolute atomic E-state index is 0.218. The number of hydrogen-bond donors (Lipinski definition) is 2. The van der Waals surface area contributed by atoms with Gasteiger partial charge in [0, 0.05) is 19.2 Å². The highest BCUT2D eigenvalue weighted by Gasteiger charge is 2.16. The van der Waals surface area contributed by atoms with E-state index < -0.39 is 0 Å². The predicted octanol–water partition coefficient (Wildman–Crippen LogP) is 2.53. The van der Waals surface area contributed by atoms with E-state index >= 15 is 0 Å². The lowest BCUT2D eigenvalue weighted by atomic mass is 10.2. The Balaban J connectivity index is 1.73. The Morgan fingerprint density at radius 3 is 2.72 bits per heavy atom. The normalized spacial score (nSPS) is 16.5. The molecule has 0 aliphatic carbocycles. The van der Waals surface area contributed by atoms with Crippen LogP contribution in [0.5, 0.6) is 11.5 Å². The minimum Gasteiger partial charge on any atom is -0.497 e. The molecule has 0 bridgehead atoms. The molecule has 1 aliphatic heterocycles. The van der Waals surface area contributed by atoms with Crippen LogP contribution in [-0.2, 0) is 4.74 Å². The highest BCUT2D eigenvalue weighted by Crippen LogP contribution is 2.30. The Morgan fingerprint density at radius 2 is 2.00 bits per heavy atom. The van der Waals surface area contributed by atoms with Gasteiger partial charge in [0.05, 0.1) is 26.0 Å². The van der Waals surface area contributed by atoms with Crippen molar-refractivity contribution >= 4 is 17.6 Å². The zero-order valence-electron chi connectivity index (χ0n) is 14.7. The first-order valence-corrected chi connectivity index (χ1v) is 8.25. The van der Waals surface area contributed by atoms with Crippen LogP contribution in [0, 0.1) is 6.92 Å². The molecule has 1 atom stereocenters. The number of benzene rings is 1. The molecule has 3 rings (SSSR count). The van der Waals surface area contributed by atoms with E-state index in [4.69, 9.17) is 14.2 Å². The molecule has 0 radical (unpaired) electrons. The van der Waals surface area contributed by atoms with E-state index in [0.717, 1.165) is 25.1 Å². The van der Waals surface area contributed by atoms with Crippen molar-refractivity contribution in [2.24, 2.45) is 0 Å². The van der Waals surface area contributed by atoms with Gasteiger partial charge in [0.15, 0.2) is 0 Å². The molecular formula is C17H23N5O3. The first-order chi connectivity index (χ1) is 12.2. The van der Waals surface area contributed by atoms with Crippen LogP contribution in [0.1, 0.15) is 18.7 Å². The Kier molecular flexibility index (Phi) is 5.49. The van der Waals surface area contributed by atoms with Gasteiger partial charge in [-0.1, -0.05) is 0 Å². The van der Waals surface area contributed by atoms with Crippen molar-refractivity contribution < 1.29 is 14.2 Å². The number of anilines is 3. The van der Waals surface area contributed by atoms with E-state index in [2.05, 4.69) is 25.6 Å². The van der Waals surface area contributed by atoms with Crippen molar-refractivity contribution in [1.29, 1.82) is 0 Å². The second kappa shape index (κ2) is 7.98. The van der Waals surface area contributed by atoms with Gasteiger partial charge in [-0.15, -0.1) is 0 Å². The number of hydrogen-bond acceptors (Lipinski definition) is 8. The summed E-state index contributed by atoms with van der Waals surface area (Å²) >= 11 is 0. The van der Waals surface area contributed by atoms with E-state index in [9.17, 15) is 0 Å². The Hall–Kier alpha value is -2.61. The number of methoxy groups -OCH3 is 2. The Labute approximate surface area is 147 Å². The van der Waals surface area contributed by atoms with Crippen LogP contribution in [0.3, 0.4) is 0 Å². The van der Waals surface area contributed by atoms with Gasteiger partial charge in [0.25, 0.3) is 0 Å². The SMILES string of the molecule is COc1ccc(Nc2nc(C)nc(NCC3CCCO3)n2)c(OC)c1. The number of nitrogens with zero attached hydrogens (tertiary/aromatic N) is 3. The zero-order valence-corrected chi connectivity index (χ0v) is 14.7. The smallest absolute Gasteiger partial charge is 0.232 e. The fraction of sp³-hybridized carbons (Fsp3) is 0.471. The van der Waals surface area contributed by atoms with E-state index in [0.29, 0.717) is 35.8 Å². The summed E-state index contributed by atoms with van der Waals surface area (Å²) < 4.78 is 16.2. The third-order valence-corrected chi connectivity index (χ3v) is 3.91. The van der Waals surface area contributed by atoms with Gasteiger partial charge in [-0.25, -0.2) is 0 Å². The number of rotatable bonds is 7. The molecule has 25 heavy (non-hydrogen) atoms. The van der Waals surface area contributed by atoms with Crippen LogP contribution in [0.4, 0.5) is 17.6 Å². The van der Waals surface area contributed by atoms with Gasteiger partial charge in [-0.2, -0.15) is 15.0 Å². The molecule has 8 nitrogen and oxygen atoms in total. The molecule has 1 aromatic carbocycles. The summed E-state index contributed by atoms with van der Waals surface area (Å²) in [5.41, 5.74) is 0.749. The van der Waals surface area contributed by atoms with Crippen molar-refractivity contribution in [2.75, 3.05) is 38.0 Å². The van der Waals surface area contributed by atoms with Crippen molar-refractivity contribution in [1.82, 2.24) is 15.0 Å². The summed E-state index contributed by atoms with van der Waals surface area (Å²) in [6.07, 6.45) is 2.38. The molecule has 2 heterocycles. The van der Waals surface area contributed by atoms with E-state index in [1.807, 2.05) is 19.1 Å². The number of ether oxygens (including phenoxy) is 3. The van der Waals surface area contributed by atoms with Crippen molar-refractivity contribution in [2.45, 2.75) is 25.9 Å². The fourth-order valence-corrected chi connectivity index (χ4v) is 2.65. The quantitative estimate of drug-likeness (QED) is 0.791. The third-order valence-electron chi connectivity index (χ3n) is 3.91. The monoisotopic (exact) mass is 345 g/mol. The highest BCUT2D eigenvalue weighted by molar-refractivity contribution is 5.64. The number of aromatic nitrogens is 3. The molecule has 1 unspecified atom stereocenters. The molecule has 1 aromatic heterocycles. The molecule has 1 aliphatic rings. The maximum atomic E-state index is 5.61. The molecule has 0 saturated carbocycles. The maximum Gasteiger partial charge on any atom is 0.232 e. The summed E-state index contributed by atoms with van der Waals surface area (Å²) in [5, 5.41) is 6.39. The summed E-state index contributed by atoms with van der Waals surface area (Å²) in [6, 6.07) is 5.50. The first-order valence-electron chi connectivity index (χ1n) is 8.25.